The van der Waals surface area contributed by atoms with Gasteiger partial charge in [-0.05, 0) is 65.7 Å². The highest BCUT2D eigenvalue weighted by Crippen LogP contribution is 2.41. The van der Waals surface area contributed by atoms with Crippen molar-refractivity contribution in [2.75, 3.05) is 37.7 Å². The largest absolute Gasteiger partial charge is 0.462 e. The van der Waals surface area contributed by atoms with Crippen LogP contribution in [-0.4, -0.2) is 69.3 Å². The Labute approximate surface area is 211 Å². The third-order valence-corrected chi connectivity index (χ3v) is 6.84. The molecule has 3 aromatic heterocycles. The number of carbonyl (C=O) groups is 2. The highest BCUT2D eigenvalue weighted by molar-refractivity contribution is 6.06. The number of anilines is 1. The summed E-state index contributed by atoms with van der Waals surface area (Å²) < 4.78 is 7.00. The second-order valence-electron chi connectivity index (χ2n) is 10.6. The number of hydrogen-bond acceptors (Lipinski definition) is 7. The van der Waals surface area contributed by atoms with Crippen molar-refractivity contribution in [1.29, 1.82) is 0 Å². The minimum atomic E-state index is -0.369. The van der Waals surface area contributed by atoms with E-state index in [2.05, 4.69) is 30.7 Å². The Kier molecular flexibility index (Phi) is 6.18. The number of hydrogen-bond donors (Lipinski definition) is 0. The van der Waals surface area contributed by atoms with E-state index in [1.54, 1.807) is 19.2 Å². The number of carbonyl (C=O) groups excluding carboxylic acids is 2. The van der Waals surface area contributed by atoms with Crippen molar-refractivity contribution in [3.8, 4) is 0 Å². The van der Waals surface area contributed by atoms with Gasteiger partial charge in [0.1, 0.15) is 5.82 Å². The molecule has 2 aliphatic rings. The molecule has 1 saturated carbocycles. The van der Waals surface area contributed by atoms with Crippen molar-refractivity contribution in [1.82, 2.24) is 24.6 Å². The lowest BCUT2D eigenvalue weighted by Gasteiger charge is -2.35. The summed E-state index contributed by atoms with van der Waals surface area (Å²) >= 11 is 0. The van der Waals surface area contributed by atoms with E-state index in [0.717, 1.165) is 41.1 Å². The minimum Gasteiger partial charge on any atom is -0.462 e. The van der Waals surface area contributed by atoms with Crippen LogP contribution < -0.4 is 4.90 Å². The van der Waals surface area contributed by atoms with Gasteiger partial charge in [0.05, 0.1) is 34.4 Å². The van der Waals surface area contributed by atoms with Crippen molar-refractivity contribution < 1.29 is 14.3 Å². The first-order valence-electron chi connectivity index (χ1n) is 12.8. The molecule has 2 fully saturated rings. The van der Waals surface area contributed by atoms with Gasteiger partial charge >= 0.3 is 5.97 Å². The summed E-state index contributed by atoms with van der Waals surface area (Å²) in [5.41, 5.74) is 3.55. The number of esters is 1. The molecule has 36 heavy (non-hydrogen) atoms. The number of aromatic nitrogens is 4. The maximum Gasteiger partial charge on any atom is 0.339 e. The average Bonchev–Trinajstić information content (AvgIpc) is 3.66. The molecule has 3 aromatic rings. The fraction of sp³-hybridized carbons (Fsp3) is 0.519. The van der Waals surface area contributed by atoms with Crippen LogP contribution in [0.4, 0.5) is 5.82 Å². The molecular weight excluding hydrogens is 456 g/mol. The molecule has 9 heteroatoms. The second-order valence-corrected chi connectivity index (χ2v) is 10.6. The normalized spacial score (nSPS) is 16.5. The zero-order chi connectivity index (χ0) is 25.6. The highest BCUT2D eigenvalue weighted by Gasteiger charge is 2.32. The predicted octanol–water partition coefficient (Wildman–Crippen LogP) is 3.91. The van der Waals surface area contributed by atoms with Crippen molar-refractivity contribution >= 4 is 28.7 Å². The van der Waals surface area contributed by atoms with E-state index in [0.29, 0.717) is 49.8 Å². The highest BCUT2D eigenvalue weighted by atomic mass is 16.5. The molecule has 1 aliphatic heterocycles. The van der Waals surface area contributed by atoms with Crippen LogP contribution >= 0.6 is 0 Å². The molecule has 0 radical (unpaired) electrons. The molecule has 0 spiro atoms. The Hall–Kier alpha value is -3.49. The van der Waals surface area contributed by atoms with Gasteiger partial charge in [-0.25, -0.2) is 19.4 Å². The third kappa shape index (κ3) is 4.54. The summed E-state index contributed by atoms with van der Waals surface area (Å²) in [6, 6.07) is 5.58. The molecule has 0 N–H and O–H groups in total. The van der Waals surface area contributed by atoms with E-state index in [-0.39, 0.29) is 17.4 Å². The average molecular weight is 491 g/mol. The maximum absolute atomic E-state index is 13.8. The summed E-state index contributed by atoms with van der Waals surface area (Å²) in [5, 5.41) is 5.65. The van der Waals surface area contributed by atoms with Crippen LogP contribution in [0.2, 0.25) is 0 Å². The van der Waals surface area contributed by atoms with Crippen molar-refractivity contribution in [3.05, 3.63) is 46.9 Å². The zero-order valence-corrected chi connectivity index (χ0v) is 21.7. The van der Waals surface area contributed by atoms with Crippen LogP contribution in [0.1, 0.15) is 78.6 Å². The van der Waals surface area contributed by atoms with E-state index >= 15 is 0 Å². The van der Waals surface area contributed by atoms with Crippen LogP contribution in [0.5, 0.6) is 0 Å². The molecular formula is C27H34N6O3. The zero-order valence-electron chi connectivity index (χ0n) is 21.7. The number of aryl methyl sites for hydroxylation is 1. The van der Waals surface area contributed by atoms with E-state index in [1.807, 2.05) is 28.6 Å². The Morgan fingerprint density at radius 1 is 1.11 bits per heavy atom. The Bertz CT molecular complexity index is 1300. The Morgan fingerprint density at radius 2 is 1.83 bits per heavy atom. The topological polar surface area (TPSA) is 93.5 Å². The number of amides is 1. The number of rotatable bonds is 5. The quantitative estimate of drug-likeness (QED) is 0.501. The standard InChI is InChI=1S/C27H34N6O3/c1-6-36-26(35)19-9-10-22(28-16-19)31-11-13-32(14-12-31)25(34)20-15-21(18-7-8-18)29-24-23(20)17(2)30-33(24)27(3,4)5/h9-10,15-16,18H,6-8,11-14H2,1-5H3. The third-order valence-electron chi connectivity index (χ3n) is 6.84. The molecule has 1 amide bonds. The van der Waals surface area contributed by atoms with E-state index in [4.69, 9.17) is 14.8 Å². The summed E-state index contributed by atoms with van der Waals surface area (Å²) in [6.45, 7) is 12.9. The first-order valence-corrected chi connectivity index (χ1v) is 12.8. The van der Waals surface area contributed by atoms with Crippen molar-refractivity contribution in [2.24, 2.45) is 0 Å². The molecule has 0 atom stereocenters. The van der Waals surface area contributed by atoms with Gasteiger partial charge in [0.25, 0.3) is 5.91 Å². The first-order chi connectivity index (χ1) is 17.2. The van der Waals surface area contributed by atoms with Crippen molar-refractivity contribution in [2.45, 2.75) is 58.9 Å². The number of fused-ring (bicyclic) bond motifs is 1. The van der Waals surface area contributed by atoms with Crippen LogP contribution in [0.15, 0.2) is 24.4 Å². The lowest BCUT2D eigenvalue weighted by molar-refractivity contribution is 0.0525. The van der Waals surface area contributed by atoms with Gasteiger partial charge in [-0.1, -0.05) is 0 Å². The maximum atomic E-state index is 13.8. The number of piperazine rings is 1. The molecule has 0 bridgehead atoms. The molecule has 190 valence electrons. The number of pyridine rings is 2. The predicted molar refractivity (Wildman–Crippen MR) is 138 cm³/mol. The van der Waals surface area contributed by atoms with Gasteiger partial charge in [-0.3, -0.25) is 4.79 Å². The van der Waals surface area contributed by atoms with Gasteiger partial charge in [-0.15, -0.1) is 0 Å². The van der Waals surface area contributed by atoms with Gasteiger partial charge in [0.2, 0.25) is 0 Å². The number of ether oxygens (including phenoxy) is 1. The molecule has 1 aliphatic carbocycles. The van der Waals surface area contributed by atoms with Gasteiger partial charge in [0, 0.05) is 44.0 Å². The molecule has 0 aromatic carbocycles. The van der Waals surface area contributed by atoms with E-state index < -0.39 is 0 Å². The van der Waals surface area contributed by atoms with E-state index in [9.17, 15) is 9.59 Å². The fourth-order valence-electron chi connectivity index (χ4n) is 4.75. The summed E-state index contributed by atoms with van der Waals surface area (Å²) in [4.78, 5) is 39.2. The second kappa shape index (κ2) is 9.19. The van der Waals surface area contributed by atoms with Gasteiger partial charge in [-0.2, -0.15) is 5.10 Å². The van der Waals surface area contributed by atoms with Gasteiger partial charge in [0.15, 0.2) is 5.65 Å². The molecule has 4 heterocycles. The smallest absolute Gasteiger partial charge is 0.339 e. The van der Waals surface area contributed by atoms with Crippen molar-refractivity contribution in [3.63, 3.8) is 0 Å². The van der Waals surface area contributed by atoms with Crippen LogP contribution in [0, 0.1) is 6.92 Å². The fourth-order valence-corrected chi connectivity index (χ4v) is 4.75. The Balaban J connectivity index is 1.37. The monoisotopic (exact) mass is 490 g/mol. The van der Waals surface area contributed by atoms with E-state index in [1.165, 1.54) is 0 Å². The Morgan fingerprint density at radius 3 is 2.42 bits per heavy atom. The molecule has 1 saturated heterocycles. The SMILES string of the molecule is CCOC(=O)c1ccc(N2CCN(C(=O)c3cc(C4CC4)nc4c3c(C)nn4C(C)(C)C)CC2)nc1. The van der Waals surface area contributed by atoms with Crippen LogP contribution in [0.25, 0.3) is 11.0 Å². The summed E-state index contributed by atoms with van der Waals surface area (Å²) in [5.74, 6) is 0.891. The summed E-state index contributed by atoms with van der Waals surface area (Å²) in [7, 11) is 0. The molecule has 9 nitrogen and oxygen atoms in total. The first kappa shape index (κ1) is 24.2. The van der Waals surface area contributed by atoms with Gasteiger partial charge < -0.3 is 14.5 Å². The molecule has 5 rings (SSSR count). The van der Waals surface area contributed by atoms with Crippen LogP contribution in [0.3, 0.4) is 0 Å². The molecule has 0 unspecified atom stereocenters. The lowest BCUT2D eigenvalue weighted by Crippen LogP contribution is -2.49. The lowest BCUT2D eigenvalue weighted by atomic mass is 10.1. The van der Waals surface area contributed by atoms with Crippen LogP contribution in [-0.2, 0) is 10.3 Å². The number of nitrogens with zero attached hydrogens (tertiary/aromatic N) is 6. The summed E-state index contributed by atoms with van der Waals surface area (Å²) in [6.07, 6.45) is 3.79. The minimum absolute atomic E-state index is 0.0335.